The lowest BCUT2D eigenvalue weighted by Gasteiger charge is -2.21. The molecule has 3 rings (SSSR count). The number of benzene rings is 1. The van der Waals surface area contributed by atoms with Crippen LogP contribution >= 0.6 is 0 Å². The molecule has 2 heterocycles. The molecular formula is C22H27N3O5. The van der Waals surface area contributed by atoms with Gasteiger partial charge in [-0.15, -0.1) is 0 Å². The van der Waals surface area contributed by atoms with E-state index in [1.54, 1.807) is 13.8 Å². The van der Waals surface area contributed by atoms with E-state index in [0.717, 1.165) is 28.6 Å². The van der Waals surface area contributed by atoms with Gasteiger partial charge in [-0.05, 0) is 33.3 Å². The first-order valence-corrected chi connectivity index (χ1v) is 10.1. The van der Waals surface area contributed by atoms with Crippen LogP contribution in [0.4, 0.5) is 4.79 Å². The number of para-hydroxylation sites is 1. The summed E-state index contributed by atoms with van der Waals surface area (Å²) in [6.45, 7) is 6.38. The Morgan fingerprint density at radius 1 is 1.23 bits per heavy atom. The quantitative estimate of drug-likeness (QED) is 0.393. The second-order valence-electron chi connectivity index (χ2n) is 7.92. The lowest BCUT2D eigenvalue weighted by atomic mass is 9.95. The summed E-state index contributed by atoms with van der Waals surface area (Å²) in [6, 6.07) is 6.76. The van der Waals surface area contributed by atoms with Gasteiger partial charge in [0.1, 0.15) is 12.1 Å². The van der Waals surface area contributed by atoms with E-state index in [1.807, 2.05) is 31.2 Å². The average Bonchev–Trinajstić information content (AvgIpc) is 3.14. The third kappa shape index (κ3) is 3.94. The number of carbonyl (C=O) groups excluding carboxylic acids is 4. The van der Waals surface area contributed by atoms with Crippen LogP contribution in [0.15, 0.2) is 24.3 Å². The number of nitrogens with zero attached hydrogens (tertiary/aromatic N) is 1. The third-order valence-corrected chi connectivity index (χ3v) is 5.48. The van der Waals surface area contributed by atoms with E-state index in [0.29, 0.717) is 17.7 Å². The summed E-state index contributed by atoms with van der Waals surface area (Å²) in [5.41, 5.74) is 0.955. The topological polar surface area (TPSA) is 109 Å². The van der Waals surface area contributed by atoms with Crippen molar-refractivity contribution in [3.63, 3.8) is 0 Å². The average molecular weight is 413 g/mol. The second kappa shape index (κ2) is 8.30. The molecule has 30 heavy (non-hydrogen) atoms. The van der Waals surface area contributed by atoms with Crippen LogP contribution in [-0.4, -0.2) is 51.8 Å². The molecule has 8 nitrogen and oxygen atoms in total. The Kier molecular flexibility index (Phi) is 5.96. The molecule has 0 spiro atoms. The SMILES string of the molecule is CCCC[C@@]1(C)NC(=O)N(CC(=O)O[C@H](C)C(=O)c2c(C)[nH]c3ccccc23)C1=O. The minimum absolute atomic E-state index is 0.344. The molecule has 1 aromatic carbocycles. The van der Waals surface area contributed by atoms with Gasteiger partial charge in [0.15, 0.2) is 6.10 Å². The van der Waals surface area contributed by atoms with Crippen LogP contribution in [0.25, 0.3) is 10.9 Å². The number of unbranched alkanes of at least 4 members (excludes halogenated alkanes) is 1. The smallest absolute Gasteiger partial charge is 0.326 e. The lowest BCUT2D eigenvalue weighted by Crippen LogP contribution is -2.44. The van der Waals surface area contributed by atoms with Crippen molar-refractivity contribution in [3.8, 4) is 0 Å². The fraction of sp³-hybridized carbons (Fsp3) is 0.455. The van der Waals surface area contributed by atoms with Crippen LogP contribution in [-0.2, 0) is 14.3 Å². The molecule has 1 fully saturated rings. The van der Waals surface area contributed by atoms with E-state index in [2.05, 4.69) is 10.3 Å². The monoisotopic (exact) mass is 413 g/mol. The molecule has 2 N–H and O–H groups in total. The number of Topliss-reactive ketones (excluding diaryl/α,β-unsaturated/α-hetero) is 1. The molecular weight excluding hydrogens is 386 g/mol. The third-order valence-electron chi connectivity index (χ3n) is 5.48. The predicted octanol–water partition coefficient (Wildman–Crippen LogP) is 3.09. The number of nitrogens with one attached hydrogen (secondary N) is 2. The number of hydrogen-bond donors (Lipinski definition) is 2. The Labute approximate surface area is 174 Å². The van der Waals surface area contributed by atoms with Gasteiger partial charge in [0.25, 0.3) is 5.91 Å². The highest BCUT2D eigenvalue weighted by molar-refractivity contribution is 6.12. The number of carbonyl (C=O) groups is 4. The molecule has 160 valence electrons. The summed E-state index contributed by atoms with van der Waals surface area (Å²) < 4.78 is 5.27. The minimum atomic E-state index is -1.05. The Bertz CT molecular complexity index is 1010. The summed E-state index contributed by atoms with van der Waals surface area (Å²) in [6.07, 6.45) is 1.10. The molecule has 1 aliphatic rings. The van der Waals surface area contributed by atoms with Crippen molar-refractivity contribution in [2.24, 2.45) is 0 Å². The van der Waals surface area contributed by atoms with Crippen LogP contribution in [0.3, 0.4) is 0 Å². The van der Waals surface area contributed by atoms with Crippen molar-refractivity contribution in [1.29, 1.82) is 0 Å². The number of fused-ring (bicyclic) bond motifs is 1. The number of H-pyrrole nitrogens is 1. The van der Waals surface area contributed by atoms with Crippen LogP contribution < -0.4 is 5.32 Å². The molecule has 0 radical (unpaired) electrons. The molecule has 0 unspecified atom stereocenters. The van der Waals surface area contributed by atoms with E-state index in [4.69, 9.17) is 4.74 Å². The highest BCUT2D eigenvalue weighted by Gasteiger charge is 2.48. The lowest BCUT2D eigenvalue weighted by molar-refractivity contribution is -0.149. The Balaban J connectivity index is 1.67. The molecule has 1 aliphatic heterocycles. The predicted molar refractivity (Wildman–Crippen MR) is 111 cm³/mol. The zero-order chi connectivity index (χ0) is 22.1. The van der Waals surface area contributed by atoms with Gasteiger partial charge in [-0.25, -0.2) is 4.79 Å². The highest BCUT2D eigenvalue weighted by atomic mass is 16.5. The maximum Gasteiger partial charge on any atom is 0.326 e. The maximum absolute atomic E-state index is 12.9. The van der Waals surface area contributed by atoms with E-state index < -0.39 is 36.1 Å². The van der Waals surface area contributed by atoms with Crippen molar-refractivity contribution >= 4 is 34.6 Å². The number of ketones is 1. The zero-order valence-electron chi connectivity index (χ0n) is 17.7. The summed E-state index contributed by atoms with van der Waals surface area (Å²) >= 11 is 0. The molecule has 0 aliphatic carbocycles. The number of aromatic nitrogens is 1. The summed E-state index contributed by atoms with van der Waals surface area (Å²) in [5.74, 6) is -1.61. The van der Waals surface area contributed by atoms with Crippen LogP contribution in [0.1, 0.15) is 56.1 Å². The van der Waals surface area contributed by atoms with E-state index in [9.17, 15) is 19.2 Å². The minimum Gasteiger partial charge on any atom is -0.453 e. The highest BCUT2D eigenvalue weighted by Crippen LogP contribution is 2.25. The number of hydrogen-bond acceptors (Lipinski definition) is 5. The Morgan fingerprint density at radius 3 is 2.63 bits per heavy atom. The Morgan fingerprint density at radius 2 is 1.93 bits per heavy atom. The van der Waals surface area contributed by atoms with Gasteiger partial charge >= 0.3 is 12.0 Å². The first-order valence-electron chi connectivity index (χ1n) is 10.1. The van der Waals surface area contributed by atoms with Crippen molar-refractivity contribution in [2.45, 2.75) is 58.6 Å². The maximum atomic E-state index is 12.9. The van der Waals surface area contributed by atoms with Gasteiger partial charge in [-0.2, -0.15) is 0 Å². The van der Waals surface area contributed by atoms with Crippen LogP contribution in [0, 0.1) is 6.92 Å². The van der Waals surface area contributed by atoms with Crippen molar-refractivity contribution in [2.75, 3.05) is 6.54 Å². The van der Waals surface area contributed by atoms with Gasteiger partial charge in [0, 0.05) is 22.2 Å². The number of rotatable bonds is 8. The van der Waals surface area contributed by atoms with Gasteiger partial charge < -0.3 is 15.0 Å². The number of esters is 1. The largest absolute Gasteiger partial charge is 0.453 e. The van der Waals surface area contributed by atoms with Crippen molar-refractivity contribution in [1.82, 2.24) is 15.2 Å². The molecule has 2 atom stereocenters. The molecule has 2 aromatic rings. The first kappa shape index (κ1) is 21.5. The Hall–Kier alpha value is -3.16. The van der Waals surface area contributed by atoms with Gasteiger partial charge in [0.2, 0.25) is 5.78 Å². The number of urea groups is 1. The summed E-state index contributed by atoms with van der Waals surface area (Å²) in [5, 5.41) is 3.41. The van der Waals surface area contributed by atoms with Crippen LogP contribution in [0.2, 0.25) is 0 Å². The van der Waals surface area contributed by atoms with Gasteiger partial charge in [0.05, 0.1) is 0 Å². The standard InChI is InChI=1S/C22H27N3O5/c1-5-6-11-22(4)20(28)25(21(29)24-22)12-17(26)30-14(3)19(27)18-13(2)23-16-10-8-7-9-15(16)18/h7-10,14,23H,5-6,11-12H2,1-4H3,(H,24,29)/t14-,22-/m1/s1. The molecule has 0 bridgehead atoms. The van der Waals surface area contributed by atoms with E-state index in [-0.39, 0.29) is 5.78 Å². The number of ether oxygens (including phenoxy) is 1. The number of amides is 3. The van der Waals surface area contributed by atoms with Gasteiger partial charge in [-0.1, -0.05) is 38.0 Å². The molecule has 1 saturated heterocycles. The van der Waals surface area contributed by atoms with Crippen LogP contribution in [0.5, 0.6) is 0 Å². The fourth-order valence-electron chi connectivity index (χ4n) is 3.80. The molecule has 1 aromatic heterocycles. The van der Waals surface area contributed by atoms with Crippen molar-refractivity contribution in [3.05, 3.63) is 35.5 Å². The summed E-state index contributed by atoms with van der Waals surface area (Å²) in [4.78, 5) is 54.1. The number of aromatic amines is 1. The first-order chi connectivity index (χ1) is 14.2. The number of aryl methyl sites for hydroxylation is 1. The summed E-state index contributed by atoms with van der Waals surface area (Å²) in [7, 11) is 0. The van der Waals surface area contributed by atoms with Crippen molar-refractivity contribution < 1.29 is 23.9 Å². The molecule has 0 saturated carbocycles. The molecule has 8 heteroatoms. The van der Waals surface area contributed by atoms with E-state index >= 15 is 0 Å². The normalized spacial score (nSPS) is 19.8. The van der Waals surface area contributed by atoms with Gasteiger partial charge in [-0.3, -0.25) is 19.3 Å². The second-order valence-corrected chi connectivity index (χ2v) is 7.92. The number of imide groups is 1. The fourth-order valence-corrected chi connectivity index (χ4v) is 3.80. The molecule has 3 amide bonds. The zero-order valence-corrected chi connectivity index (χ0v) is 17.7. The van der Waals surface area contributed by atoms with E-state index in [1.165, 1.54) is 6.92 Å².